The molecular formula is C15H8F2N4O. The zero-order valence-corrected chi connectivity index (χ0v) is 11.1. The van der Waals surface area contributed by atoms with Crippen LogP contribution in [0.1, 0.15) is 11.1 Å². The van der Waals surface area contributed by atoms with Gasteiger partial charge in [-0.15, -0.1) is 0 Å². The zero-order chi connectivity index (χ0) is 16.1. The molecule has 0 N–H and O–H groups in total. The molecule has 2 aromatic carbocycles. The van der Waals surface area contributed by atoms with Crippen LogP contribution >= 0.6 is 0 Å². The average Bonchev–Trinajstić information content (AvgIpc) is 2.49. The fraction of sp³-hybridized carbons (Fsp3) is 0. The zero-order valence-electron chi connectivity index (χ0n) is 11.1. The van der Waals surface area contributed by atoms with E-state index in [0.717, 1.165) is 24.3 Å². The lowest BCUT2D eigenvalue weighted by Crippen LogP contribution is -2.27. The van der Waals surface area contributed by atoms with Gasteiger partial charge in [-0.1, -0.05) is 12.1 Å². The molecular weight excluding hydrogens is 290 g/mol. The third kappa shape index (κ3) is 3.07. The normalized spacial score (nSPS) is 9.55. The van der Waals surface area contributed by atoms with E-state index in [9.17, 15) is 13.6 Å². The second-order valence-electron chi connectivity index (χ2n) is 4.25. The van der Waals surface area contributed by atoms with E-state index in [1.165, 1.54) is 24.3 Å². The molecule has 0 aliphatic carbocycles. The lowest BCUT2D eigenvalue weighted by Gasteiger charge is -1.96. The number of nitrogens with zero attached hydrogens (tertiary/aromatic N) is 4. The van der Waals surface area contributed by atoms with E-state index < -0.39 is 28.8 Å². The first-order valence-corrected chi connectivity index (χ1v) is 6.07. The highest BCUT2D eigenvalue weighted by Crippen LogP contribution is 2.09. The van der Waals surface area contributed by atoms with Crippen LogP contribution in [-0.2, 0) is 4.79 Å². The van der Waals surface area contributed by atoms with Crippen molar-refractivity contribution < 1.29 is 23.2 Å². The molecule has 0 amide bonds. The van der Waals surface area contributed by atoms with E-state index in [0.29, 0.717) is 0 Å². The first kappa shape index (κ1) is 15.1. The number of carbonyl (C=O) groups excluding carboxylic acids is 1. The van der Waals surface area contributed by atoms with Gasteiger partial charge < -0.3 is 11.1 Å². The van der Waals surface area contributed by atoms with Crippen LogP contribution < -0.4 is 0 Å². The summed E-state index contributed by atoms with van der Waals surface area (Å²) >= 11 is 0. The molecule has 0 aliphatic heterocycles. The molecule has 0 radical (unpaired) electrons. The average molecular weight is 298 g/mol. The van der Waals surface area contributed by atoms with Crippen LogP contribution in [0.5, 0.6) is 0 Å². The summed E-state index contributed by atoms with van der Waals surface area (Å²) in [7, 11) is 0. The van der Waals surface area contributed by atoms with Crippen molar-refractivity contribution in [3.63, 3.8) is 0 Å². The number of carbonyl (C=O) groups is 1. The molecule has 2 aromatic rings. The summed E-state index contributed by atoms with van der Waals surface area (Å²) in [5.41, 5.74) is 17.0. The molecule has 2 rings (SSSR count). The highest BCUT2D eigenvalue weighted by atomic mass is 19.1. The fourth-order valence-corrected chi connectivity index (χ4v) is 1.85. The Morgan fingerprint density at radius 1 is 0.818 bits per heavy atom. The van der Waals surface area contributed by atoms with Gasteiger partial charge in [-0.05, 0) is 36.4 Å². The van der Waals surface area contributed by atoms with Crippen molar-refractivity contribution in [1.29, 1.82) is 0 Å². The molecule has 0 spiro atoms. The molecule has 0 fully saturated rings. The lowest BCUT2D eigenvalue weighted by atomic mass is 9.99. The summed E-state index contributed by atoms with van der Waals surface area (Å²) in [5, 5.41) is 0. The van der Waals surface area contributed by atoms with Gasteiger partial charge in [0, 0.05) is 0 Å². The molecule has 7 heteroatoms. The number of Topliss-reactive ketones (excluding diaryl/α,β-unsaturated/α-hetero) is 1. The van der Waals surface area contributed by atoms with Gasteiger partial charge in [-0.3, -0.25) is 4.79 Å². The Morgan fingerprint density at radius 2 is 1.23 bits per heavy atom. The Bertz CT molecular complexity index is 781. The highest BCUT2D eigenvalue weighted by molar-refractivity contribution is 6.70. The first-order chi connectivity index (χ1) is 10.6. The summed E-state index contributed by atoms with van der Waals surface area (Å²) in [6, 6.07) is 9.59. The standard InChI is InChI=1S/C15H8F2N4O/c16-11-5-1-3-9(7-11)13(20-18)15(22)14(21-19)10-4-2-6-12(17)8-10/h1-8H. The van der Waals surface area contributed by atoms with Crippen LogP contribution in [0.2, 0.25) is 0 Å². The fourth-order valence-electron chi connectivity index (χ4n) is 1.85. The largest absolute Gasteiger partial charge is 0.377 e. The van der Waals surface area contributed by atoms with Gasteiger partial charge in [-0.2, -0.15) is 9.58 Å². The third-order valence-electron chi connectivity index (χ3n) is 2.83. The van der Waals surface area contributed by atoms with Crippen LogP contribution in [0.25, 0.3) is 11.1 Å². The number of rotatable bonds is 4. The molecule has 0 bridgehead atoms. The summed E-state index contributed by atoms with van der Waals surface area (Å²) in [6.07, 6.45) is 0. The van der Waals surface area contributed by atoms with Gasteiger partial charge in [0.25, 0.3) is 0 Å². The molecule has 22 heavy (non-hydrogen) atoms. The van der Waals surface area contributed by atoms with Gasteiger partial charge in [0.1, 0.15) is 11.6 Å². The van der Waals surface area contributed by atoms with E-state index in [1.54, 1.807) is 0 Å². The van der Waals surface area contributed by atoms with Crippen LogP contribution in [0, 0.1) is 11.6 Å². The highest BCUT2D eigenvalue weighted by Gasteiger charge is 2.35. The van der Waals surface area contributed by atoms with E-state index in [-0.39, 0.29) is 11.1 Å². The van der Waals surface area contributed by atoms with E-state index >= 15 is 0 Å². The van der Waals surface area contributed by atoms with Gasteiger partial charge in [0.05, 0.1) is 11.1 Å². The number of benzene rings is 2. The molecule has 0 aromatic heterocycles. The quantitative estimate of drug-likeness (QED) is 0.483. The van der Waals surface area contributed by atoms with Crippen LogP contribution in [-0.4, -0.2) is 26.8 Å². The maximum Gasteiger partial charge on any atom is 0.377 e. The molecule has 0 atom stereocenters. The van der Waals surface area contributed by atoms with Gasteiger partial charge in [0.2, 0.25) is 0 Å². The van der Waals surface area contributed by atoms with Crippen molar-refractivity contribution in [2.45, 2.75) is 0 Å². The molecule has 0 aliphatic rings. The SMILES string of the molecule is [N-]=[N+]=C(C(=O)C(=[N+]=[N-])c1cccc(F)c1)c1cccc(F)c1. The van der Waals surface area contributed by atoms with Crippen molar-refractivity contribution in [3.8, 4) is 0 Å². The predicted molar refractivity (Wildman–Crippen MR) is 73.3 cm³/mol. The minimum absolute atomic E-state index is 0.00921. The smallest absolute Gasteiger partial charge is 0.361 e. The van der Waals surface area contributed by atoms with Crippen molar-refractivity contribution in [2.24, 2.45) is 0 Å². The van der Waals surface area contributed by atoms with Crippen LogP contribution in [0.4, 0.5) is 8.78 Å². The number of hydrogen-bond acceptors (Lipinski definition) is 1. The second-order valence-corrected chi connectivity index (χ2v) is 4.25. The van der Waals surface area contributed by atoms with E-state index in [2.05, 4.69) is 9.58 Å². The van der Waals surface area contributed by atoms with Crippen molar-refractivity contribution in [2.75, 3.05) is 0 Å². The molecule has 0 saturated carbocycles. The predicted octanol–water partition coefficient (Wildman–Crippen LogP) is 2.27. The summed E-state index contributed by atoms with van der Waals surface area (Å²) < 4.78 is 26.4. The maximum atomic E-state index is 13.2. The Labute approximate surface area is 123 Å². The van der Waals surface area contributed by atoms with Gasteiger partial charge in [-0.25, -0.2) is 8.78 Å². The number of ketones is 1. The van der Waals surface area contributed by atoms with Gasteiger partial charge >= 0.3 is 17.2 Å². The van der Waals surface area contributed by atoms with Gasteiger partial charge in [0.15, 0.2) is 0 Å². The topological polar surface area (TPSA) is 89.9 Å². The van der Waals surface area contributed by atoms with Crippen molar-refractivity contribution >= 4 is 17.2 Å². The molecule has 108 valence electrons. The lowest BCUT2D eigenvalue weighted by molar-refractivity contribution is -0.115. The molecule has 5 nitrogen and oxygen atoms in total. The van der Waals surface area contributed by atoms with Crippen LogP contribution in [0.3, 0.4) is 0 Å². The maximum absolute atomic E-state index is 13.2. The summed E-state index contributed by atoms with van der Waals surface area (Å²) in [4.78, 5) is 18.0. The Morgan fingerprint density at radius 3 is 1.55 bits per heavy atom. The van der Waals surface area contributed by atoms with E-state index in [4.69, 9.17) is 11.1 Å². The monoisotopic (exact) mass is 298 g/mol. The summed E-state index contributed by atoms with van der Waals surface area (Å²) in [5.74, 6) is -2.26. The Hall–Kier alpha value is -3.27. The number of halogens is 2. The molecule has 0 unspecified atom stereocenters. The first-order valence-electron chi connectivity index (χ1n) is 6.07. The minimum atomic E-state index is -0.985. The van der Waals surface area contributed by atoms with Crippen molar-refractivity contribution in [1.82, 2.24) is 0 Å². The Balaban J connectivity index is 2.48. The molecule has 0 saturated heterocycles. The third-order valence-corrected chi connectivity index (χ3v) is 2.83. The van der Waals surface area contributed by atoms with E-state index in [1.807, 2.05) is 0 Å². The Kier molecular flexibility index (Phi) is 4.44. The van der Waals surface area contributed by atoms with Crippen molar-refractivity contribution in [3.05, 3.63) is 82.4 Å². The molecule has 0 heterocycles. The second kappa shape index (κ2) is 6.45. The van der Waals surface area contributed by atoms with Crippen LogP contribution in [0.15, 0.2) is 48.5 Å². The number of hydrogen-bond donors (Lipinski definition) is 0. The minimum Gasteiger partial charge on any atom is -0.361 e. The summed E-state index contributed by atoms with van der Waals surface area (Å²) in [6.45, 7) is 0.